The Morgan fingerprint density at radius 3 is 2.67 bits per heavy atom. The van der Waals surface area contributed by atoms with Gasteiger partial charge in [0.25, 0.3) is 12.6 Å². The number of nitrogens with one attached hydrogen (secondary N) is 1. The van der Waals surface area contributed by atoms with Gasteiger partial charge in [-0.3, -0.25) is 9.78 Å². The number of carbonyl (C=O) groups excluding carboxylic acids is 2. The van der Waals surface area contributed by atoms with E-state index in [0.717, 1.165) is 11.2 Å². The van der Waals surface area contributed by atoms with E-state index < -0.39 is 6.71 Å². The maximum Gasteiger partial charge on any atom is 0.284 e. The Morgan fingerprint density at radius 2 is 1.90 bits per heavy atom. The van der Waals surface area contributed by atoms with E-state index in [1.165, 1.54) is 0 Å². The smallest absolute Gasteiger partial charge is 0.284 e. The SMILES string of the molecule is CB1C(=O)C(C(=O)Nc2ccccc2)=Cc2cccnc21. The number of hydrogen-bond acceptors (Lipinski definition) is 3. The summed E-state index contributed by atoms with van der Waals surface area (Å²) in [5.74, 6) is -0.382. The second-order valence-corrected chi connectivity index (χ2v) is 4.94. The van der Waals surface area contributed by atoms with Crippen LogP contribution >= 0.6 is 0 Å². The molecule has 1 aliphatic heterocycles. The van der Waals surface area contributed by atoms with Gasteiger partial charge in [0, 0.05) is 17.5 Å². The number of para-hydroxylation sites is 1. The molecule has 0 unspecified atom stereocenters. The molecule has 5 heteroatoms. The number of pyridine rings is 1. The molecule has 2 heterocycles. The van der Waals surface area contributed by atoms with E-state index in [2.05, 4.69) is 10.3 Å². The molecule has 1 N–H and O–H groups in total. The van der Waals surface area contributed by atoms with Crippen LogP contribution in [0.5, 0.6) is 0 Å². The summed E-state index contributed by atoms with van der Waals surface area (Å²) in [4.78, 5) is 28.9. The molecule has 1 aliphatic rings. The summed E-state index contributed by atoms with van der Waals surface area (Å²) in [5, 5.41) is 2.74. The van der Waals surface area contributed by atoms with Gasteiger partial charge in [0.15, 0.2) is 0 Å². The van der Waals surface area contributed by atoms with Crippen LogP contribution in [0.15, 0.2) is 54.2 Å². The van der Waals surface area contributed by atoms with E-state index in [9.17, 15) is 9.59 Å². The Kier molecular flexibility index (Phi) is 3.40. The average Bonchev–Trinajstić information content (AvgIpc) is 2.52. The molecule has 0 radical (unpaired) electrons. The molecule has 2 aromatic rings. The molecule has 0 fully saturated rings. The number of amides is 1. The van der Waals surface area contributed by atoms with Crippen molar-refractivity contribution in [3.05, 3.63) is 59.8 Å². The molecule has 1 aromatic carbocycles. The molecule has 102 valence electrons. The van der Waals surface area contributed by atoms with Gasteiger partial charge in [-0.15, -0.1) is 0 Å². The van der Waals surface area contributed by atoms with Gasteiger partial charge in [-0.2, -0.15) is 0 Å². The van der Waals surface area contributed by atoms with E-state index >= 15 is 0 Å². The summed E-state index contributed by atoms with van der Waals surface area (Å²) in [6.45, 7) is 1.37. The quantitative estimate of drug-likeness (QED) is 0.669. The zero-order chi connectivity index (χ0) is 14.8. The molecule has 0 aliphatic carbocycles. The molecular formula is C16H13BN2O2. The van der Waals surface area contributed by atoms with Crippen LogP contribution in [0, 0.1) is 0 Å². The molecule has 0 bridgehead atoms. The van der Waals surface area contributed by atoms with Crippen molar-refractivity contribution in [1.29, 1.82) is 0 Å². The molecule has 0 spiro atoms. The maximum atomic E-state index is 12.4. The number of nitrogens with zero attached hydrogens (tertiary/aromatic N) is 1. The lowest BCUT2D eigenvalue weighted by atomic mass is 9.42. The van der Waals surface area contributed by atoms with Crippen LogP contribution in [0.3, 0.4) is 0 Å². The normalized spacial score (nSPS) is 13.5. The fourth-order valence-electron chi connectivity index (χ4n) is 2.40. The van der Waals surface area contributed by atoms with Crippen molar-refractivity contribution >= 4 is 35.7 Å². The third kappa shape index (κ3) is 2.50. The third-order valence-corrected chi connectivity index (χ3v) is 3.52. The maximum absolute atomic E-state index is 12.4. The van der Waals surface area contributed by atoms with Crippen LogP contribution < -0.4 is 10.9 Å². The second kappa shape index (κ2) is 5.36. The largest absolute Gasteiger partial charge is 0.322 e. The summed E-state index contributed by atoms with van der Waals surface area (Å²) in [5.41, 5.74) is 2.18. The van der Waals surface area contributed by atoms with Gasteiger partial charge in [-0.25, -0.2) is 0 Å². The Morgan fingerprint density at radius 1 is 1.14 bits per heavy atom. The molecule has 0 saturated carbocycles. The summed E-state index contributed by atoms with van der Waals surface area (Å²) in [6.07, 6.45) is 3.27. The van der Waals surface area contributed by atoms with Crippen molar-refractivity contribution in [2.24, 2.45) is 0 Å². The zero-order valence-electron chi connectivity index (χ0n) is 11.5. The lowest BCUT2D eigenvalue weighted by molar-refractivity contribution is -0.116. The van der Waals surface area contributed by atoms with Crippen LogP contribution in [0.2, 0.25) is 6.82 Å². The lowest BCUT2D eigenvalue weighted by Gasteiger charge is -2.18. The van der Waals surface area contributed by atoms with Crippen molar-refractivity contribution < 1.29 is 9.59 Å². The Bertz CT molecular complexity index is 741. The molecule has 1 amide bonds. The van der Waals surface area contributed by atoms with Crippen LogP contribution in [0.1, 0.15) is 5.56 Å². The van der Waals surface area contributed by atoms with Crippen LogP contribution in [0.25, 0.3) is 6.08 Å². The summed E-state index contributed by atoms with van der Waals surface area (Å²) < 4.78 is 0. The highest BCUT2D eigenvalue weighted by Crippen LogP contribution is 2.16. The van der Waals surface area contributed by atoms with Gasteiger partial charge < -0.3 is 10.1 Å². The fraction of sp³-hybridized carbons (Fsp3) is 0.0625. The fourth-order valence-corrected chi connectivity index (χ4v) is 2.40. The average molecular weight is 276 g/mol. The monoisotopic (exact) mass is 276 g/mol. The van der Waals surface area contributed by atoms with E-state index in [-0.39, 0.29) is 17.2 Å². The molecular weight excluding hydrogens is 263 g/mol. The molecule has 0 saturated heterocycles. The van der Waals surface area contributed by atoms with Crippen LogP contribution in [-0.2, 0) is 9.59 Å². The Balaban J connectivity index is 1.93. The summed E-state index contributed by atoms with van der Waals surface area (Å²) in [6, 6.07) is 12.7. The number of aromatic nitrogens is 1. The number of fused-ring (bicyclic) bond motifs is 1. The number of rotatable bonds is 2. The van der Waals surface area contributed by atoms with Crippen molar-refractivity contribution in [1.82, 2.24) is 4.98 Å². The van der Waals surface area contributed by atoms with E-state index in [1.807, 2.05) is 24.3 Å². The highest BCUT2D eigenvalue weighted by Gasteiger charge is 2.33. The van der Waals surface area contributed by atoms with Crippen molar-refractivity contribution in [2.45, 2.75) is 6.82 Å². The first-order valence-corrected chi connectivity index (χ1v) is 6.74. The minimum absolute atomic E-state index is 0.173. The van der Waals surface area contributed by atoms with Crippen molar-refractivity contribution in [2.75, 3.05) is 5.32 Å². The van der Waals surface area contributed by atoms with Crippen LogP contribution in [0.4, 0.5) is 5.69 Å². The van der Waals surface area contributed by atoms with Gasteiger partial charge in [0.05, 0.1) is 5.57 Å². The van der Waals surface area contributed by atoms with E-state index in [1.54, 1.807) is 37.3 Å². The lowest BCUT2D eigenvalue weighted by Crippen LogP contribution is -2.45. The zero-order valence-corrected chi connectivity index (χ0v) is 11.5. The predicted octanol–water partition coefficient (Wildman–Crippen LogP) is 1.56. The number of anilines is 1. The topological polar surface area (TPSA) is 59.1 Å². The minimum Gasteiger partial charge on any atom is -0.322 e. The van der Waals surface area contributed by atoms with Gasteiger partial charge in [0.1, 0.15) is 5.68 Å². The number of hydrogen-bond donors (Lipinski definition) is 1. The molecule has 1 aromatic heterocycles. The standard InChI is InChI=1S/C16H13BN2O2/c1-17-14-11(6-5-9-18-14)10-13(15(17)20)16(21)19-12-7-3-2-4-8-12/h2-10H,1H3,(H,19,21). The molecule has 21 heavy (non-hydrogen) atoms. The highest BCUT2D eigenvalue weighted by atomic mass is 16.2. The first kappa shape index (κ1) is 13.3. The Hall–Kier alpha value is -2.69. The Labute approximate surface area is 123 Å². The number of carbonyl (C=O) groups is 2. The second-order valence-electron chi connectivity index (χ2n) is 4.94. The number of benzene rings is 1. The highest BCUT2D eigenvalue weighted by molar-refractivity contribution is 7.02. The minimum atomic E-state index is -0.400. The van der Waals surface area contributed by atoms with Crippen LogP contribution in [-0.4, -0.2) is 23.3 Å². The van der Waals surface area contributed by atoms with Gasteiger partial charge in [0.2, 0.25) is 0 Å². The summed E-state index contributed by atoms with van der Waals surface area (Å²) in [7, 11) is 0. The van der Waals surface area contributed by atoms with Gasteiger partial charge in [-0.1, -0.05) is 31.1 Å². The molecule has 4 nitrogen and oxygen atoms in total. The third-order valence-electron chi connectivity index (χ3n) is 3.52. The first-order chi connectivity index (χ1) is 10.2. The van der Waals surface area contributed by atoms with Gasteiger partial charge >= 0.3 is 0 Å². The van der Waals surface area contributed by atoms with E-state index in [0.29, 0.717) is 5.69 Å². The molecule has 0 atom stereocenters. The predicted molar refractivity (Wildman–Crippen MR) is 83.5 cm³/mol. The van der Waals surface area contributed by atoms with Crippen molar-refractivity contribution in [3.63, 3.8) is 0 Å². The van der Waals surface area contributed by atoms with Crippen molar-refractivity contribution in [3.8, 4) is 0 Å². The van der Waals surface area contributed by atoms with Gasteiger partial charge in [-0.05, 0) is 29.8 Å². The molecule has 3 rings (SSSR count). The first-order valence-electron chi connectivity index (χ1n) is 6.74. The van der Waals surface area contributed by atoms with E-state index in [4.69, 9.17) is 0 Å². The summed E-state index contributed by atoms with van der Waals surface area (Å²) >= 11 is 0.